The summed E-state index contributed by atoms with van der Waals surface area (Å²) >= 11 is 0. The first-order valence-electron chi connectivity index (χ1n) is 37.4. The largest absolute Gasteiger partial charge is 0.466 e. The number of esters is 1. The van der Waals surface area contributed by atoms with Crippen LogP contribution in [0.1, 0.15) is 431 Å². The van der Waals surface area contributed by atoms with Gasteiger partial charge in [0.25, 0.3) is 0 Å². The summed E-state index contributed by atoms with van der Waals surface area (Å²) in [5.74, 6) is -0.0135. The van der Waals surface area contributed by atoms with Gasteiger partial charge in [-0.05, 0) is 51.4 Å². The average molecular weight is 1140 g/mol. The van der Waals surface area contributed by atoms with Gasteiger partial charge >= 0.3 is 5.97 Å². The zero-order chi connectivity index (χ0) is 58.5. The molecule has 0 spiro atoms. The Hall–Kier alpha value is -1.40. The van der Waals surface area contributed by atoms with Crippen molar-refractivity contribution in [2.75, 3.05) is 13.2 Å². The average Bonchev–Trinajstić information content (AvgIpc) is 3.47. The van der Waals surface area contributed by atoms with E-state index >= 15 is 0 Å². The smallest absolute Gasteiger partial charge is 0.305 e. The number of hydrogen-bond acceptors (Lipinski definition) is 5. The quantitative estimate of drug-likeness (QED) is 0.0320. The van der Waals surface area contributed by atoms with Gasteiger partial charge in [0.1, 0.15) is 0 Å². The molecule has 0 radical (unpaired) electrons. The van der Waals surface area contributed by atoms with Crippen molar-refractivity contribution in [2.24, 2.45) is 0 Å². The van der Waals surface area contributed by atoms with Gasteiger partial charge in [-0.1, -0.05) is 379 Å². The lowest BCUT2D eigenvalue weighted by molar-refractivity contribution is -0.143. The van der Waals surface area contributed by atoms with Crippen molar-refractivity contribution in [1.29, 1.82) is 0 Å². The molecule has 81 heavy (non-hydrogen) atoms. The predicted molar refractivity (Wildman–Crippen MR) is 357 cm³/mol. The minimum atomic E-state index is -0.665. The van der Waals surface area contributed by atoms with E-state index in [1.54, 1.807) is 0 Å². The van der Waals surface area contributed by atoms with Gasteiger partial charge in [0.05, 0.1) is 25.4 Å². The zero-order valence-electron chi connectivity index (χ0n) is 55.3. The van der Waals surface area contributed by atoms with Crippen molar-refractivity contribution < 1.29 is 24.5 Å². The van der Waals surface area contributed by atoms with E-state index in [1.165, 1.54) is 360 Å². The van der Waals surface area contributed by atoms with Crippen LogP contribution in [0.5, 0.6) is 0 Å². The number of carbonyl (C=O) groups is 2. The van der Waals surface area contributed by atoms with E-state index in [2.05, 4.69) is 31.3 Å². The van der Waals surface area contributed by atoms with Crippen molar-refractivity contribution in [1.82, 2.24) is 5.32 Å². The Morgan fingerprint density at radius 3 is 0.877 bits per heavy atom. The van der Waals surface area contributed by atoms with Crippen LogP contribution in [0.15, 0.2) is 12.2 Å². The zero-order valence-corrected chi connectivity index (χ0v) is 55.3. The molecule has 0 heterocycles. The van der Waals surface area contributed by atoms with Gasteiger partial charge < -0.3 is 20.3 Å². The molecule has 0 aliphatic heterocycles. The maximum absolute atomic E-state index is 12.6. The number of nitrogens with one attached hydrogen (secondary N) is 1. The maximum Gasteiger partial charge on any atom is 0.305 e. The van der Waals surface area contributed by atoms with Crippen LogP contribution in [0.3, 0.4) is 0 Å². The Morgan fingerprint density at radius 2 is 0.580 bits per heavy atom. The van der Waals surface area contributed by atoms with Gasteiger partial charge in [-0.15, -0.1) is 0 Å². The molecule has 6 heteroatoms. The lowest BCUT2D eigenvalue weighted by Gasteiger charge is -2.22. The van der Waals surface area contributed by atoms with E-state index in [9.17, 15) is 19.8 Å². The van der Waals surface area contributed by atoms with Crippen LogP contribution in [0.2, 0.25) is 0 Å². The first-order valence-corrected chi connectivity index (χ1v) is 37.4. The Labute approximate surface area is 508 Å². The third kappa shape index (κ3) is 67.6. The Kier molecular flexibility index (Phi) is 69.9. The van der Waals surface area contributed by atoms with Gasteiger partial charge in [-0.2, -0.15) is 0 Å². The highest BCUT2D eigenvalue weighted by Crippen LogP contribution is 2.20. The summed E-state index contributed by atoms with van der Waals surface area (Å²) in [7, 11) is 0. The number of carbonyl (C=O) groups excluding carboxylic acids is 2. The minimum Gasteiger partial charge on any atom is -0.466 e. The molecular weight excluding hydrogens is 995 g/mol. The lowest BCUT2D eigenvalue weighted by Crippen LogP contribution is -2.45. The van der Waals surface area contributed by atoms with Crippen molar-refractivity contribution in [3.05, 3.63) is 12.2 Å². The molecule has 0 aromatic carbocycles. The number of amides is 1. The molecular formula is C75H147NO5. The van der Waals surface area contributed by atoms with E-state index in [-0.39, 0.29) is 18.5 Å². The van der Waals surface area contributed by atoms with Gasteiger partial charge in [0.2, 0.25) is 5.91 Å². The van der Waals surface area contributed by atoms with E-state index in [4.69, 9.17) is 4.74 Å². The van der Waals surface area contributed by atoms with Gasteiger partial charge in [0.15, 0.2) is 0 Å². The monoisotopic (exact) mass is 1140 g/mol. The summed E-state index contributed by atoms with van der Waals surface area (Å²) < 4.78 is 5.51. The molecule has 0 bridgehead atoms. The Bertz CT molecular complexity index is 1220. The number of ether oxygens (including phenoxy) is 1. The van der Waals surface area contributed by atoms with Crippen LogP contribution >= 0.6 is 0 Å². The molecule has 2 unspecified atom stereocenters. The first-order chi connectivity index (χ1) is 40.0. The van der Waals surface area contributed by atoms with E-state index in [1.807, 2.05) is 0 Å². The van der Waals surface area contributed by atoms with Crippen LogP contribution in [0, 0.1) is 0 Å². The summed E-state index contributed by atoms with van der Waals surface area (Å²) in [5.41, 5.74) is 0. The maximum atomic E-state index is 12.6. The van der Waals surface area contributed by atoms with E-state index in [0.29, 0.717) is 25.9 Å². The molecule has 1 amide bonds. The van der Waals surface area contributed by atoms with Crippen LogP contribution in [0.25, 0.3) is 0 Å². The van der Waals surface area contributed by atoms with Crippen molar-refractivity contribution >= 4 is 11.9 Å². The summed E-state index contributed by atoms with van der Waals surface area (Å²) in [6.07, 6.45) is 88.4. The van der Waals surface area contributed by atoms with Crippen LogP contribution in [-0.2, 0) is 14.3 Å². The third-order valence-electron chi connectivity index (χ3n) is 17.8. The molecule has 0 fully saturated rings. The Morgan fingerprint density at radius 1 is 0.333 bits per heavy atom. The number of aliphatic hydroxyl groups excluding tert-OH is 2. The van der Waals surface area contributed by atoms with E-state index in [0.717, 1.165) is 38.5 Å². The van der Waals surface area contributed by atoms with Crippen molar-refractivity contribution in [3.63, 3.8) is 0 Å². The molecule has 0 aromatic heterocycles. The molecule has 0 aromatic rings. The van der Waals surface area contributed by atoms with Crippen LogP contribution < -0.4 is 5.32 Å². The minimum absolute atomic E-state index is 0.0155. The highest BCUT2D eigenvalue weighted by molar-refractivity contribution is 5.76. The molecule has 6 nitrogen and oxygen atoms in total. The molecule has 3 N–H and O–H groups in total. The fourth-order valence-electron chi connectivity index (χ4n) is 12.1. The molecule has 0 saturated carbocycles. The molecule has 2 atom stereocenters. The van der Waals surface area contributed by atoms with E-state index < -0.39 is 12.1 Å². The summed E-state index contributed by atoms with van der Waals surface area (Å²) in [4.78, 5) is 24.7. The number of rotatable bonds is 71. The number of allylic oxidation sites excluding steroid dienone is 2. The third-order valence-corrected chi connectivity index (χ3v) is 17.8. The van der Waals surface area contributed by atoms with Crippen molar-refractivity contribution in [3.8, 4) is 0 Å². The molecule has 0 saturated heterocycles. The normalized spacial score (nSPS) is 12.5. The fourth-order valence-corrected chi connectivity index (χ4v) is 12.1. The number of aliphatic hydroxyl groups is 2. The predicted octanol–water partition coefficient (Wildman–Crippen LogP) is 24.3. The standard InChI is InChI=1S/C75H147NO5/c1-3-5-7-9-11-13-15-17-19-21-23-24-28-32-35-39-43-47-51-55-59-63-67-73(78)72(71-77)76-74(79)68-64-60-56-52-48-44-40-36-33-29-26-25-27-30-34-38-42-46-50-54-58-62-66-70-81-75(80)69-65-61-57-53-49-45-41-37-31-22-20-18-16-14-12-10-8-6-4-2/h18,20,72-73,77-78H,3-17,19,21-71H2,1-2H3,(H,76,79)/b20-18-. The topological polar surface area (TPSA) is 95.9 Å². The molecule has 0 aliphatic rings. The SMILES string of the molecule is CCCCCCCC/C=C\CCCCCCCCCCCC(=O)OCCCCCCCCCCCCCCCCCCCCCCCCCC(=O)NC(CO)C(O)CCCCCCCCCCCCCCCCCCCCCCCC. The molecule has 482 valence electrons. The van der Waals surface area contributed by atoms with Crippen LogP contribution in [0.4, 0.5) is 0 Å². The van der Waals surface area contributed by atoms with Crippen LogP contribution in [-0.4, -0.2) is 47.4 Å². The fraction of sp³-hybridized carbons (Fsp3) is 0.947. The second-order valence-corrected chi connectivity index (χ2v) is 26.0. The highest BCUT2D eigenvalue weighted by Gasteiger charge is 2.20. The first kappa shape index (κ1) is 79.6. The summed E-state index contributed by atoms with van der Waals surface area (Å²) in [6.45, 7) is 5.00. The second-order valence-electron chi connectivity index (χ2n) is 26.0. The number of unbranched alkanes of at least 4 members (excludes halogenated alkanes) is 58. The van der Waals surface area contributed by atoms with Gasteiger partial charge in [0, 0.05) is 12.8 Å². The summed E-state index contributed by atoms with van der Waals surface area (Å²) in [6, 6.07) is -0.542. The lowest BCUT2D eigenvalue weighted by atomic mass is 10.0. The summed E-state index contributed by atoms with van der Waals surface area (Å²) in [5, 5.41) is 23.4. The molecule has 0 rings (SSSR count). The van der Waals surface area contributed by atoms with Gasteiger partial charge in [-0.25, -0.2) is 0 Å². The van der Waals surface area contributed by atoms with Gasteiger partial charge in [-0.3, -0.25) is 9.59 Å². The van der Waals surface area contributed by atoms with Crippen molar-refractivity contribution in [2.45, 2.75) is 443 Å². The molecule has 0 aliphatic carbocycles. The highest BCUT2D eigenvalue weighted by atomic mass is 16.5. The number of hydrogen-bond donors (Lipinski definition) is 3. The second kappa shape index (κ2) is 71.1. The Balaban J connectivity index is 3.36.